The van der Waals surface area contributed by atoms with Crippen molar-refractivity contribution >= 4 is 33.3 Å². The predicted molar refractivity (Wildman–Crippen MR) is 123 cm³/mol. The van der Waals surface area contributed by atoms with E-state index in [1.165, 1.54) is 0 Å². The van der Waals surface area contributed by atoms with Crippen LogP contribution in [0.4, 0.5) is 0 Å². The predicted octanol–water partition coefficient (Wildman–Crippen LogP) is 5.06. The molecule has 161 valence electrons. The number of rotatable bonds is 9. The fraction of sp³-hybridized carbons (Fsp3) is 0.944. The summed E-state index contributed by atoms with van der Waals surface area (Å²) < 4.78 is 32.0. The Bertz CT molecular complexity index is 462. The molecule has 4 atom stereocenters. The van der Waals surface area contributed by atoms with Gasteiger partial charge in [0.2, 0.25) is 0 Å². The molecule has 27 heavy (non-hydrogen) atoms. The summed E-state index contributed by atoms with van der Waals surface area (Å²) in [5.74, 6) is 0. The Morgan fingerprint density at radius 1 is 0.630 bits per heavy atom. The number of ether oxygens (including phenoxy) is 1. The minimum atomic E-state index is -1.81. The minimum absolute atomic E-state index is 0.154. The fourth-order valence-electron chi connectivity index (χ4n) is 2.79. The molecule has 0 aromatic rings. The van der Waals surface area contributed by atoms with E-state index < -0.39 is 33.3 Å². The van der Waals surface area contributed by atoms with Crippen molar-refractivity contribution in [2.24, 2.45) is 0 Å². The van der Waals surface area contributed by atoms with E-state index in [2.05, 4.69) is 78.6 Å². The Hall–Kier alpha value is 0.668. The van der Waals surface area contributed by atoms with Gasteiger partial charge in [0.05, 0.1) is 6.61 Å². The van der Waals surface area contributed by atoms with E-state index in [-0.39, 0.29) is 24.4 Å². The Labute approximate surface area is 172 Å². The van der Waals surface area contributed by atoms with Crippen molar-refractivity contribution in [2.75, 3.05) is 6.61 Å². The maximum atomic E-state index is 6.64. The smallest absolute Gasteiger partial charge is 0.184 e. The van der Waals surface area contributed by atoms with E-state index in [4.69, 9.17) is 22.4 Å². The minimum Gasteiger partial charge on any atom is -0.415 e. The zero-order valence-electron chi connectivity index (χ0n) is 19.6. The Morgan fingerprint density at radius 2 is 1.07 bits per heavy atom. The van der Waals surface area contributed by atoms with Crippen LogP contribution < -0.4 is 0 Å². The highest BCUT2D eigenvalue weighted by atomic mass is 28.4. The van der Waals surface area contributed by atoms with E-state index in [1.54, 1.807) is 0 Å². The molecule has 1 radical (unpaired) electrons. The standard InChI is InChI=1S/C18H43O5Si4/c1-24(2,3)20-14-15-17(22-26(7,8)9)18(23-27(10,11)12)16(13-19-15)21-25(4,5)6/h13,15-18H,14H2,1-12H3/t15-,16-,17-,18-/m1/s1. The fourth-order valence-corrected chi connectivity index (χ4v) is 6.65. The van der Waals surface area contributed by atoms with Gasteiger partial charge < -0.3 is 22.4 Å². The van der Waals surface area contributed by atoms with Gasteiger partial charge in [-0.15, -0.1) is 0 Å². The van der Waals surface area contributed by atoms with Crippen molar-refractivity contribution in [3.63, 3.8) is 0 Å². The Balaban J connectivity index is 3.14. The molecule has 1 saturated heterocycles. The highest BCUT2D eigenvalue weighted by Crippen LogP contribution is 2.32. The molecule has 1 aliphatic rings. The van der Waals surface area contributed by atoms with Crippen LogP contribution in [0.25, 0.3) is 0 Å². The maximum Gasteiger partial charge on any atom is 0.184 e. The third-order valence-corrected chi connectivity index (χ3v) is 7.52. The van der Waals surface area contributed by atoms with Crippen LogP contribution in [0.1, 0.15) is 0 Å². The molecule has 0 aromatic heterocycles. The summed E-state index contributed by atoms with van der Waals surface area (Å²) in [6.07, 6.45) is -0.690. The van der Waals surface area contributed by atoms with Gasteiger partial charge in [-0.2, -0.15) is 0 Å². The lowest BCUT2D eigenvalue weighted by atomic mass is 10.0. The third kappa shape index (κ3) is 10.9. The van der Waals surface area contributed by atoms with Gasteiger partial charge in [-0.25, -0.2) is 0 Å². The van der Waals surface area contributed by atoms with Crippen molar-refractivity contribution in [1.82, 2.24) is 0 Å². The summed E-state index contributed by atoms with van der Waals surface area (Å²) in [5.41, 5.74) is 0. The van der Waals surface area contributed by atoms with Crippen LogP contribution in [0.15, 0.2) is 0 Å². The molecule has 0 bridgehead atoms. The normalized spacial score (nSPS) is 28.4. The van der Waals surface area contributed by atoms with Gasteiger partial charge in [-0.05, 0) is 78.6 Å². The molecular formula is C18H43O5Si4. The van der Waals surface area contributed by atoms with E-state index in [1.807, 2.05) is 6.61 Å². The lowest BCUT2D eigenvalue weighted by Gasteiger charge is -2.47. The second-order valence-electron chi connectivity index (χ2n) is 11.3. The first-order chi connectivity index (χ1) is 11.9. The second-order valence-corrected chi connectivity index (χ2v) is 29.2. The second kappa shape index (κ2) is 9.21. The topological polar surface area (TPSA) is 46.2 Å². The summed E-state index contributed by atoms with van der Waals surface area (Å²) in [6, 6.07) is 0. The van der Waals surface area contributed by atoms with E-state index in [0.29, 0.717) is 6.61 Å². The lowest BCUT2D eigenvalue weighted by Crippen LogP contribution is -2.61. The Kier molecular flexibility index (Phi) is 8.77. The molecule has 1 heterocycles. The summed E-state index contributed by atoms with van der Waals surface area (Å²) >= 11 is 0. The molecule has 0 amide bonds. The van der Waals surface area contributed by atoms with Crippen molar-refractivity contribution in [2.45, 2.75) is 103 Å². The van der Waals surface area contributed by atoms with Crippen molar-refractivity contribution in [3.05, 3.63) is 6.61 Å². The van der Waals surface area contributed by atoms with E-state index >= 15 is 0 Å². The van der Waals surface area contributed by atoms with Crippen LogP contribution >= 0.6 is 0 Å². The van der Waals surface area contributed by atoms with E-state index in [9.17, 15) is 0 Å². The van der Waals surface area contributed by atoms with Crippen molar-refractivity contribution in [1.29, 1.82) is 0 Å². The third-order valence-electron chi connectivity index (χ3n) is 3.55. The Morgan fingerprint density at radius 3 is 1.48 bits per heavy atom. The van der Waals surface area contributed by atoms with Gasteiger partial charge in [-0.1, -0.05) is 0 Å². The van der Waals surface area contributed by atoms with Crippen LogP contribution in [-0.2, 0) is 22.4 Å². The first-order valence-electron chi connectivity index (χ1n) is 10.0. The van der Waals surface area contributed by atoms with Crippen LogP contribution in [0.2, 0.25) is 78.6 Å². The highest BCUT2D eigenvalue weighted by molar-refractivity contribution is 6.71. The summed E-state index contributed by atoms with van der Waals surface area (Å²) in [4.78, 5) is 0. The van der Waals surface area contributed by atoms with E-state index in [0.717, 1.165) is 0 Å². The molecule has 1 aliphatic heterocycles. The van der Waals surface area contributed by atoms with Crippen LogP contribution in [0.5, 0.6) is 0 Å². The molecule has 0 N–H and O–H groups in total. The van der Waals surface area contributed by atoms with Crippen LogP contribution in [-0.4, -0.2) is 64.3 Å². The molecule has 1 fully saturated rings. The van der Waals surface area contributed by atoms with Crippen LogP contribution in [0.3, 0.4) is 0 Å². The number of hydrogen-bond acceptors (Lipinski definition) is 5. The van der Waals surface area contributed by atoms with Crippen molar-refractivity contribution in [3.8, 4) is 0 Å². The first kappa shape index (κ1) is 25.7. The average molecular weight is 452 g/mol. The lowest BCUT2D eigenvalue weighted by molar-refractivity contribution is -0.151. The van der Waals surface area contributed by atoms with Gasteiger partial charge in [0.25, 0.3) is 0 Å². The first-order valence-corrected chi connectivity index (χ1v) is 23.7. The number of hydrogen-bond donors (Lipinski definition) is 0. The monoisotopic (exact) mass is 451 g/mol. The van der Waals surface area contributed by atoms with Crippen LogP contribution in [0, 0.1) is 6.61 Å². The molecule has 0 aliphatic carbocycles. The van der Waals surface area contributed by atoms with Gasteiger partial charge in [0, 0.05) is 0 Å². The summed E-state index contributed by atoms with van der Waals surface area (Å²) in [5, 5.41) is 0. The van der Waals surface area contributed by atoms with Gasteiger partial charge in [-0.3, -0.25) is 0 Å². The zero-order valence-corrected chi connectivity index (χ0v) is 23.6. The quantitative estimate of drug-likeness (QED) is 0.459. The highest BCUT2D eigenvalue weighted by Gasteiger charge is 2.47. The maximum absolute atomic E-state index is 6.64. The van der Waals surface area contributed by atoms with Gasteiger partial charge >= 0.3 is 0 Å². The molecule has 5 nitrogen and oxygen atoms in total. The summed E-state index contributed by atoms with van der Waals surface area (Å²) in [7, 11) is -7.03. The average Bonchev–Trinajstić information content (AvgIpc) is 2.36. The molecule has 0 saturated carbocycles. The van der Waals surface area contributed by atoms with Gasteiger partial charge in [0.15, 0.2) is 33.3 Å². The molecule has 9 heteroatoms. The van der Waals surface area contributed by atoms with Crippen molar-refractivity contribution < 1.29 is 22.4 Å². The zero-order chi connectivity index (χ0) is 21.3. The summed E-state index contributed by atoms with van der Waals surface area (Å²) in [6.45, 7) is 28.8. The molecular weight excluding hydrogens is 409 g/mol. The molecule has 0 unspecified atom stereocenters. The molecule has 0 spiro atoms. The molecule has 0 aromatic carbocycles. The largest absolute Gasteiger partial charge is 0.415 e. The van der Waals surface area contributed by atoms with Gasteiger partial charge in [0.1, 0.15) is 31.0 Å². The molecule has 1 rings (SSSR count). The SMILES string of the molecule is C[Si](C)(C)OC[C@H]1O[CH][C@@H](O[Si](C)(C)C)[C@@H](O[Si](C)(C)C)[C@@H]1O[Si](C)(C)C.